The zero-order valence-electron chi connectivity index (χ0n) is 4.44. The standard InChI is InChI=1S/3CH2O2.Lu/c3*2-1-3;/h3*1H,(H,2,3);/q;;;+3/p-3. The van der Waals surface area contributed by atoms with Gasteiger partial charge >= 0.3 is 36.9 Å². The molecule has 7 heteroatoms. The van der Waals surface area contributed by atoms with Gasteiger partial charge in [0.2, 0.25) is 0 Å². The SMILES string of the molecule is O=C[O-].O=C[O-].O=C[O-].[Lu+3]. The van der Waals surface area contributed by atoms with E-state index in [4.69, 9.17) is 29.7 Å². The summed E-state index contributed by atoms with van der Waals surface area (Å²) < 4.78 is 0. The van der Waals surface area contributed by atoms with Gasteiger partial charge in [-0.15, -0.1) is 0 Å². The molecule has 66 valence electrons. The Morgan fingerprint density at radius 3 is 0.700 bits per heavy atom. The van der Waals surface area contributed by atoms with Crippen molar-refractivity contribution in [2.45, 2.75) is 0 Å². The van der Waals surface area contributed by atoms with Gasteiger partial charge in [-0.25, -0.2) is 0 Å². The monoisotopic (exact) mass is 310 g/mol. The molecule has 0 aliphatic carbocycles. The smallest absolute Gasteiger partial charge is 0.554 e. The van der Waals surface area contributed by atoms with E-state index in [1.807, 2.05) is 0 Å². The number of carbonyl (C=O) groups is 3. The quantitative estimate of drug-likeness (QED) is 0.414. The molecule has 0 amide bonds. The number of hydrogen-bond donors (Lipinski definition) is 0. The summed E-state index contributed by atoms with van der Waals surface area (Å²) in [6.45, 7) is -1.50. The van der Waals surface area contributed by atoms with Crippen LogP contribution in [0.4, 0.5) is 0 Å². The van der Waals surface area contributed by atoms with E-state index in [0.29, 0.717) is 0 Å². The molecule has 0 aliphatic rings. The Hall–Kier alpha value is -0.356. The van der Waals surface area contributed by atoms with Crippen LogP contribution in [0.5, 0.6) is 0 Å². The van der Waals surface area contributed by atoms with E-state index < -0.39 is 19.4 Å². The number of carbonyl (C=O) groups excluding carboxylic acids is 3. The van der Waals surface area contributed by atoms with Crippen molar-refractivity contribution in [3.8, 4) is 0 Å². The van der Waals surface area contributed by atoms with E-state index in [2.05, 4.69) is 0 Å². The van der Waals surface area contributed by atoms with Crippen molar-refractivity contribution >= 4 is 19.4 Å². The molecular weight excluding hydrogens is 307 g/mol. The van der Waals surface area contributed by atoms with Crippen LogP contribution in [0.15, 0.2) is 0 Å². The third-order valence-electron chi connectivity index (χ3n) is 0. The van der Waals surface area contributed by atoms with Crippen molar-refractivity contribution in [3.63, 3.8) is 0 Å². The Balaban J connectivity index is -0.0000000257. The maximum absolute atomic E-state index is 8.25. The molecule has 0 aromatic heterocycles. The van der Waals surface area contributed by atoms with Crippen molar-refractivity contribution in [1.29, 1.82) is 0 Å². The summed E-state index contributed by atoms with van der Waals surface area (Å²) in [5, 5.41) is 24.8. The van der Waals surface area contributed by atoms with Gasteiger partial charge in [0, 0.05) is 19.4 Å². The molecule has 0 atom stereocenters. The van der Waals surface area contributed by atoms with Crippen LogP contribution in [0, 0.1) is 36.9 Å². The number of rotatable bonds is 0. The third-order valence-corrected chi connectivity index (χ3v) is 0. The van der Waals surface area contributed by atoms with Crippen LogP contribution in [0.2, 0.25) is 0 Å². The molecule has 0 N–H and O–H groups in total. The summed E-state index contributed by atoms with van der Waals surface area (Å²) in [5.74, 6) is 0. The van der Waals surface area contributed by atoms with Gasteiger partial charge in [-0.05, 0) is 0 Å². The molecule has 0 saturated heterocycles. The van der Waals surface area contributed by atoms with Crippen molar-refractivity contribution in [2.24, 2.45) is 0 Å². The summed E-state index contributed by atoms with van der Waals surface area (Å²) in [6, 6.07) is 0. The van der Waals surface area contributed by atoms with Gasteiger partial charge in [0.15, 0.2) is 0 Å². The van der Waals surface area contributed by atoms with Gasteiger partial charge in [0.1, 0.15) is 0 Å². The van der Waals surface area contributed by atoms with Crippen molar-refractivity contribution in [3.05, 3.63) is 0 Å². The molecule has 6 nitrogen and oxygen atoms in total. The fourth-order valence-corrected chi connectivity index (χ4v) is 0. The molecule has 0 aromatic rings. The van der Waals surface area contributed by atoms with Gasteiger partial charge < -0.3 is 29.7 Å². The van der Waals surface area contributed by atoms with E-state index in [0.717, 1.165) is 0 Å². The van der Waals surface area contributed by atoms with Crippen LogP contribution in [-0.4, -0.2) is 19.4 Å². The molecule has 10 heavy (non-hydrogen) atoms. The van der Waals surface area contributed by atoms with Crippen molar-refractivity contribution < 1.29 is 66.6 Å². The largest absolute Gasteiger partial charge is 3.00 e. The predicted octanol–water partition coefficient (Wildman–Crippen LogP) is -4.90. The van der Waals surface area contributed by atoms with Crippen LogP contribution in [-0.2, 0) is 14.4 Å². The molecule has 0 fully saturated rings. The number of hydrogen-bond acceptors (Lipinski definition) is 6. The van der Waals surface area contributed by atoms with Gasteiger partial charge in [0.25, 0.3) is 0 Å². The van der Waals surface area contributed by atoms with E-state index in [1.165, 1.54) is 0 Å². The average molecular weight is 310 g/mol. The summed E-state index contributed by atoms with van der Waals surface area (Å²) >= 11 is 0. The van der Waals surface area contributed by atoms with E-state index in [9.17, 15) is 0 Å². The van der Waals surface area contributed by atoms with Crippen LogP contribution in [0.1, 0.15) is 0 Å². The van der Waals surface area contributed by atoms with Crippen LogP contribution in [0.25, 0.3) is 0 Å². The Morgan fingerprint density at radius 1 is 0.700 bits per heavy atom. The maximum atomic E-state index is 8.25. The van der Waals surface area contributed by atoms with Gasteiger partial charge in [-0.1, -0.05) is 0 Å². The molecule has 0 rings (SSSR count). The van der Waals surface area contributed by atoms with Crippen molar-refractivity contribution in [2.75, 3.05) is 0 Å². The molecule has 0 radical (unpaired) electrons. The molecule has 0 bridgehead atoms. The second kappa shape index (κ2) is 72.3. The number of carboxylic acid groups (broad SMARTS) is 3. The van der Waals surface area contributed by atoms with Gasteiger partial charge in [-0.3, -0.25) is 0 Å². The second-order valence-corrected chi connectivity index (χ2v) is 0.289. The minimum Gasteiger partial charge on any atom is -0.554 e. The molecule has 0 aromatic carbocycles. The first-order valence-corrected chi connectivity index (χ1v) is 1.41. The van der Waals surface area contributed by atoms with Crippen LogP contribution in [0.3, 0.4) is 0 Å². The van der Waals surface area contributed by atoms with Gasteiger partial charge in [-0.2, -0.15) is 0 Å². The Morgan fingerprint density at radius 2 is 0.700 bits per heavy atom. The third kappa shape index (κ3) is 2660. The van der Waals surface area contributed by atoms with E-state index in [1.54, 1.807) is 0 Å². The fraction of sp³-hybridized carbons (Fsp3) is 0. The minimum atomic E-state index is -0.500. The van der Waals surface area contributed by atoms with Crippen molar-refractivity contribution in [1.82, 2.24) is 0 Å². The summed E-state index contributed by atoms with van der Waals surface area (Å²) in [5.41, 5.74) is 0. The zero-order valence-corrected chi connectivity index (χ0v) is 6.10. The molecule has 0 aliphatic heterocycles. The first kappa shape index (κ1) is 22.6. The normalized spacial score (nSPS) is 3.60. The first-order chi connectivity index (χ1) is 4.24. The molecular formula is C3H3LuO6. The summed E-state index contributed by atoms with van der Waals surface area (Å²) in [7, 11) is 0. The average Bonchev–Trinajstić information content (AvgIpc) is 1.70. The Bertz CT molecular complexity index is 49.7. The second-order valence-electron chi connectivity index (χ2n) is 0.289. The summed E-state index contributed by atoms with van der Waals surface area (Å²) in [6.07, 6.45) is 0. The fourth-order valence-electron chi connectivity index (χ4n) is 0. The van der Waals surface area contributed by atoms with Gasteiger partial charge in [0.05, 0.1) is 0 Å². The van der Waals surface area contributed by atoms with E-state index >= 15 is 0 Å². The Labute approximate surface area is 85.7 Å². The first-order valence-electron chi connectivity index (χ1n) is 1.41. The molecule has 0 saturated carbocycles. The minimum absolute atomic E-state index is 0. The topological polar surface area (TPSA) is 120 Å². The van der Waals surface area contributed by atoms with Crippen LogP contribution >= 0.6 is 0 Å². The predicted molar refractivity (Wildman–Crippen MR) is 18.2 cm³/mol. The zero-order chi connectivity index (χ0) is 8.12. The van der Waals surface area contributed by atoms with E-state index in [-0.39, 0.29) is 36.9 Å². The summed E-state index contributed by atoms with van der Waals surface area (Å²) in [4.78, 5) is 24.8. The van der Waals surface area contributed by atoms with Crippen LogP contribution < -0.4 is 15.3 Å². The Kier molecular flexibility index (Phi) is 163. The molecule has 0 spiro atoms. The molecule has 0 unspecified atom stereocenters. The molecule has 0 heterocycles. The maximum Gasteiger partial charge on any atom is 3.00 e.